The van der Waals surface area contributed by atoms with Gasteiger partial charge in [0.2, 0.25) is 5.91 Å². The molecule has 0 saturated carbocycles. The molecule has 0 bridgehead atoms. The maximum absolute atomic E-state index is 11.7. The van der Waals surface area contributed by atoms with E-state index in [4.69, 9.17) is 0 Å². The van der Waals surface area contributed by atoms with Crippen LogP contribution in [0.4, 0.5) is 17.2 Å². The van der Waals surface area contributed by atoms with Gasteiger partial charge in [0.15, 0.2) is 0 Å². The summed E-state index contributed by atoms with van der Waals surface area (Å²) in [6.07, 6.45) is 4.16. The van der Waals surface area contributed by atoms with Crippen LogP contribution < -0.4 is 10.6 Å². The number of pyridine rings is 1. The molecule has 4 heteroatoms. The minimum absolute atomic E-state index is 0.0408. The minimum atomic E-state index is 0.0408. The highest BCUT2D eigenvalue weighted by molar-refractivity contribution is 5.90. The Morgan fingerprint density at radius 3 is 2.45 bits per heavy atom. The van der Waals surface area contributed by atoms with E-state index in [1.807, 2.05) is 18.2 Å². The van der Waals surface area contributed by atoms with Gasteiger partial charge < -0.3 is 10.6 Å². The quantitative estimate of drug-likeness (QED) is 0.821. The van der Waals surface area contributed by atoms with Crippen LogP contribution in [-0.2, 0) is 4.79 Å². The van der Waals surface area contributed by atoms with Crippen molar-refractivity contribution in [1.82, 2.24) is 4.98 Å². The molecule has 0 aliphatic carbocycles. The molecular formula is C18H23N3O. The summed E-state index contributed by atoms with van der Waals surface area (Å²) in [5.41, 5.74) is 4.17. The van der Waals surface area contributed by atoms with Crippen molar-refractivity contribution in [3.05, 3.63) is 47.7 Å². The lowest BCUT2D eigenvalue weighted by molar-refractivity contribution is -0.116. The lowest BCUT2D eigenvalue weighted by Crippen LogP contribution is -2.11. The van der Waals surface area contributed by atoms with Crippen LogP contribution in [0.3, 0.4) is 0 Å². The molecule has 1 heterocycles. The summed E-state index contributed by atoms with van der Waals surface area (Å²) in [4.78, 5) is 16.0. The number of anilines is 3. The van der Waals surface area contributed by atoms with Gasteiger partial charge in [0.1, 0.15) is 5.82 Å². The number of unbranched alkanes of at least 4 members (excludes halogenated alkanes) is 1. The first kappa shape index (κ1) is 16.0. The molecule has 0 aliphatic rings. The van der Waals surface area contributed by atoms with E-state index in [1.165, 1.54) is 11.1 Å². The average Bonchev–Trinajstić information content (AvgIpc) is 2.51. The highest BCUT2D eigenvalue weighted by Crippen LogP contribution is 2.23. The number of nitrogens with one attached hydrogen (secondary N) is 2. The van der Waals surface area contributed by atoms with E-state index in [2.05, 4.69) is 48.5 Å². The summed E-state index contributed by atoms with van der Waals surface area (Å²) in [6.45, 7) is 6.21. The average molecular weight is 297 g/mol. The Kier molecular flexibility index (Phi) is 5.53. The molecule has 1 amide bonds. The van der Waals surface area contributed by atoms with E-state index in [9.17, 15) is 4.79 Å². The van der Waals surface area contributed by atoms with E-state index >= 15 is 0 Å². The number of rotatable bonds is 6. The third kappa shape index (κ3) is 4.32. The van der Waals surface area contributed by atoms with Crippen LogP contribution in [0, 0.1) is 13.8 Å². The Bertz CT molecular complexity index is 615. The Labute approximate surface area is 132 Å². The summed E-state index contributed by atoms with van der Waals surface area (Å²) < 4.78 is 0. The second kappa shape index (κ2) is 7.59. The fraction of sp³-hybridized carbons (Fsp3) is 0.333. The number of para-hydroxylation sites is 1. The number of amides is 1. The van der Waals surface area contributed by atoms with Crippen molar-refractivity contribution in [2.75, 3.05) is 10.6 Å². The van der Waals surface area contributed by atoms with Crippen molar-refractivity contribution >= 4 is 23.1 Å². The fourth-order valence-corrected chi connectivity index (χ4v) is 2.24. The molecule has 1 aromatic carbocycles. The van der Waals surface area contributed by atoms with Gasteiger partial charge in [-0.1, -0.05) is 31.5 Å². The van der Waals surface area contributed by atoms with Crippen LogP contribution >= 0.6 is 0 Å². The Morgan fingerprint density at radius 1 is 1.14 bits per heavy atom. The van der Waals surface area contributed by atoms with Gasteiger partial charge in [-0.3, -0.25) is 4.79 Å². The third-order valence-corrected chi connectivity index (χ3v) is 3.54. The number of nitrogens with zero attached hydrogens (tertiary/aromatic N) is 1. The van der Waals surface area contributed by atoms with Crippen LogP contribution in [-0.4, -0.2) is 10.9 Å². The molecule has 116 valence electrons. The molecule has 0 saturated heterocycles. The van der Waals surface area contributed by atoms with Crippen LogP contribution in [0.1, 0.15) is 37.3 Å². The maximum Gasteiger partial charge on any atom is 0.224 e. The first-order chi connectivity index (χ1) is 10.6. The Balaban J connectivity index is 2.02. The monoisotopic (exact) mass is 297 g/mol. The van der Waals surface area contributed by atoms with Crippen LogP contribution in [0.25, 0.3) is 0 Å². The van der Waals surface area contributed by atoms with Crippen LogP contribution in [0.2, 0.25) is 0 Å². The van der Waals surface area contributed by atoms with Gasteiger partial charge in [-0.15, -0.1) is 0 Å². The first-order valence-corrected chi connectivity index (χ1v) is 7.69. The van der Waals surface area contributed by atoms with Crippen molar-refractivity contribution < 1.29 is 4.79 Å². The number of hydrogen-bond acceptors (Lipinski definition) is 3. The van der Waals surface area contributed by atoms with Gasteiger partial charge in [-0.25, -0.2) is 4.98 Å². The predicted molar refractivity (Wildman–Crippen MR) is 91.6 cm³/mol. The molecule has 1 aromatic heterocycles. The molecule has 0 radical (unpaired) electrons. The smallest absolute Gasteiger partial charge is 0.224 e. The second-order valence-electron chi connectivity index (χ2n) is 5.48. The van der Waals surface area contributed by atoms with E-state index < -0.39 is 0 Å². The third-order valence-electron chi connectivity index (χ3n) is 3.54. The van der Waals surface area contributed by atoms with Gasteiger partial charge in [0.05, 0.1) is 11.9 Å². The molecule has 22 heavy (non-hydrogen) atoms. The van der Waals surface area contributed by atoms with Crippen molar-refractivity contribution in [3.8, 4) is 0 Å². The van der Waals surface area contributed by atoms with Gasteiger partial charge in [-0.05, 0) is 43.5 Å². The Hall–Kier alpha value is -2.36. The molecule has 2 rings (SSSR count). The second-order valence-corrected chi connectivity index (χ2v) is 5.48. The number of benzene rings is 1. The number of aromatic nitrogens is 1. The highest BCUT2D eigenvalue weighted by Gasteiger charge is 2.05. The standard InChI is InChI=1S/C18H23N3O/c1-4-5-9-17(22)20-15-10-11-16(19-12-15)21-18-13(2)7-6-8-14(18)3/h6-8,10-12H,4-5,9H2,1-3H3,(H,19,21)(H,20,22). The van der Waals surface area contributed by atoms with Crippen LogP contribution in [0.15, 0.2) is 36.5 Å². The topological polar surface area (TPSA) is 54.0 Å². The molecular weight excluding hydrogens is 274 g/mol. The number of carbonyl (C=O) groups excluding carboxylic acids is 1. The minimum Gasteiger partial charge on any atom is -0.340 e. The van der Waals surface area contributed by atoms with Gasteiger partial charge >= 0.3 is 0 Å². The molecule has 0 aliphatic heterocycles. The van der Waals surface area contributed by atoms with E-state index in [1.54, 1.807) is 6.20 Å². The SMILES string of the molecule is CCCCC(=O)Nc1ccc(Nc2c(C)cccc2C)nc1. The number of carbonyl (C=O) groups is 1. The molecule has 4 nitrogen and oxygen atoms in total. The van der Waals surface area contributed by atoms with E-state index in [0.29, 0.717) is 6.42 Å². The first-order valence-electron chi connectivity index (χ1n) is 7.69. The maximum atomic E-state index is 11.7. The van der Waals surface area contributed by atoms with Crippen molar-refractivity contribution in [3.63, 3.8) is 0 Å². The van der Waals surface area contributed by atoms with E-state index in [-0.39, 0.29) is 5.91 Å². The van der Waals surface area contributed by atoms with Gasteiger partial charge in [-0.2, -0.15) is 0 Å². The zero-order valence-electron chi connectivity index (χ0n) is 13.4. The zero-order valence-corrected chi connectivity index (χ0v) is 13.4. The summed E-state index contributed by atoms with van der Waals surface area (Å²) in [6, 6.07) is 9.92. The molecule has 2 N–H and O–H groups in total. The summed E-state index contributed by atoms with van der Waals surface area (Å²) in [7, 11) is 0. The number of aryl methyl sites for hydroxylation is 2. The van der Waals surface area contributed by atoms with Crippen molar-refractivity contribution in [2.24, 2.45) is 0 Å². The Morgan fingerprint density at radius 2 is 1.86 bits per heavy atom. The largest absolute Gasteiger partial charge is 0.340 e. The van der Waals surface area contributed by atoms with Gasteiger partial charge in [0, 0.05) is 12.1 Å². The summed E-state index contributed by atoms with van der Waals surface area (Å²) >= 11 is 0. The fourth-order valence-electron chi connectivity index (χ4n) is 2.24. The van der Waals surface area contributed by atoms with Crippen molar-refractivity contribution in [1.29, 1.82) is 0 Å². The van der Waals surface area contributed by atoms with Gasteiger partial charge in [0.25, 0.3) is 0 Å². The predicted octanol–water partition coefficient (Wildman–Crippen LogP) is 4.57. The highest BCUT2D eigenvalue weighted by atomic mass is 16.1. The lowest BCUT2D eigenvalue weighted by Gasteiger charge is -2.12. The molecule has 0 spiro atoms. The lowest BCUT2D eigenvalue weighted by atomic mass is 10.1. The molecule has 0 atom stereocenters. The van der Waals surface area contributed by atoms with Crippen molar-refractivity contribution in [2.45, 2.75) is 40.0 Å². The number of hydrogen-bond donors (Lipinski definition) is 2. The summed E-state index contributed by atoms with van der Waals surface area (Å²) in [5.74, 6) is 0.808. The summed E-state index contributed by atoms with van der Waals surface area (Å²) in [5, 5.41) is 6.19. The van der Waals surface area contributed by atoms with E-state index in [0.717, 1.165) is 30.0 Å². The normalized spacial score (nSPS) is 10.3. The zero-order chi connectivity index (χ0) is 15.9. The molecule has 0 fully saturated rings. The van der Waals surface area contributed by atoms with Crippen LogP contribution in [0.5, 0.6) is 0 Å². The molecule has 0 unspecified atom stereocenters. The molecule has 2 aromatic rings.